The van der Waals surface area contributed by atoms with Crippen LogP contribution in [0.15, 0.2) is 138 Å². The van der Waals surface area contributed by atoms with Crippen LogP contribution in [0.5, 0.6) is 0 Å². The van der Waals surface area contributed by atoms with Crippen molar-refractivity contribution in [3.63, 3.8) is 0 Å². The maximum atomic E-state index is 12.7. The van der Waals surface area contributed by atoms with E-state index in [2.05, 4.69) is 75.6 Å². The first-order valence-corrected chi connectivity index (χ1v) is 16.2. The summed E-state index contributed by atoms with van der Waals surface area (Å²) in [6.07, 6.45) is 1.89. The fourth-order valence-corrected chi connectivity index (χ4v) is 6.68. The second kappa shape index (κ2) is 12.6. The molecule has 8 rings (SSSR count). The Labute approximate surface area is 273 Å². The topological polar surface area (TPSA) is 79.7 Å². The van der Waals surface area contributed by atoms with Crippen LogP contribution < -0.4 is 5.69 Å². The van der Waals surface area contributed by atoms with Crippen LogP contribution in [0.1, 0.15) is 24.4 Å². The zero-order valence-electron chi connectivity index (χ0n) is 26.0. The van der Waals surface area contributed by atoms with Crippen LogP contribution in [0.2, 0.25) is 0 Å². The van der Waals surface area contributed by atoms with Crippen molar-refractivity contribution >= 4 is 11.0 Å². The molecule has 0 radical (unpaired) electrons. The summed E-state index contributed by atoms with van der Waals surface area (Å²) in [7, 11) is 0. The van der Waals surface area contributed by atoms with Gasteiger partial charge in [-0.2, -0.15) is 0 Å². The summed E-state index contributed by atoms with van der Waals surface area (Å²) in [6, 6.07) is 45.6. The Balaban J connectivity index is 1.02. The zero-order chi connectivity index (χ0) is 31.6. The van der Waals surface area contributed by atoms with Crippen molar-refractivity contribution in [1.82, 2.24) is 29.6 Å². The quantitative estimate of drug-likeness (QED) is 0.197. The highest BCUT2D eigenvalue weighted by Gasteiger charge is 2.24. The van der Waals surface area contributed by atoms with E-state index < -0.39 is 0 Å². The van der Waals surface area contributed by atoms with E-state index in [1.165, 1.54) is 11.1 Å². The van der Waals surface area contributed by atoms with Gasteiger partial charge < -0.3 is 4.98 Å². The van der Waals surface area contributed by atoms with Crippen molar-refractivity contribution in [3.05, 3.63) is 150 Å². The molecule has 7 aromatic rings. The lowest BCUT2D eigenvalue weighted by Crippen LogP contribution is -2.36. The summed E-state index contributed by atoms with van der Waals surface area (Å²) in [5.41, 5.74) is 9.93. The molecule has 7 heteroatoms. The maximum Gasteiger partial charge on any atom is 0.326 e. The van der Waals surface area contributed by atoms with E-state index in [9.17, 15) is 4.79 Å². The zero-order valence-corrected chi connectivity index (χ0v) is 26.0. The third-order valence-corrected chi connectivity index (χ3v) is 9.16. The Morgan fingerprint density at radius 3 is 1.89 bits per heavy atom. The minimum atomic E-state index is -0.0123. The highest BCUT2D eigenvalue weighted by Crippen LogP contribution is 2.32. The van der Waals surface area contributed by atoms with Crippen molar-refractivity contribution in [2.24, 2.45) is 0 Å². The van der Waals surface area contributed by atoms with E-state index in [1.54, 1.807) is 0 Å². The fourth-order valence-electron chi connectivity index (χ4n) is 6.68. The third kappa shape index (κ3) is 5.89. The number of hydrogen-bond acceptors (Lipinski definition) is 5. The van der Waals surface area contributed by atoms with Gasteiger partial charge in [0.05, 0.1) is 11.0 Å². The predicted octanol–water partition coefficient (Wildman–Crippen LogP) is 8.02. The van der Waals surface area contributed by atoms with E-state index in [0.717, 1.165) is 77.2 Å². The molecule has 7 nitrogen and oxygen atoms in total. The second-order valence-electron chi connectivity index (χ2n) is 12.2. The van der Waals surface area contributed by atoms with Gasteiger partial charge in [0, 0.05) is 42.4 Å². The first-order valence-electron chi connectivity index (χ1n) is 16.2. The molecule has 47 heavy (non-hydrogen) atoms. The van der Waals surface area contributed by atoms with E-state index in [4.69, 9.17) is 10.1 Å². The van der Waals surface area contributed by atoms with Crippen LogP contribution in [0, 0.1) is 0 Å². The largest absolute Gasteiger partial charge is 0.326 e. The van der Waals surface area contributed by atoms with Gasteiger partial charge in [0.15, 0.2) is 5.82 Å². The van der Waals surface area contributed by atoms with Gasteiger partial charge in [-0.05, 0) is 41.7 Å². The van der Waals surface area contributed by atoms with Gasteiger partial charge in [0.25, 0.3) is 0 Å². The summed E-state index contributed by atoms with van der Waals surface area (Å²) >= 11 is 0. The number of H-pyrrole nitrogens is 1. The van der Waals surface area contributed by atoms with Crippen molar-refractivity contribution in [2.45, 2.75) is 25.4 Å². The first-order chi connectivity index (χ1) is 23.2. The highest BCUT2D eigenvalue weighted by molar-refractivity contribution is 5.79. The molecule has 1 aliphatic rings. The molecule has 0 unspecified atom stereocenters. The van der Waals surface area contributed by atoms with E-state index in [0.29, 0.717) is 5.82 Å². The molecule has 0 aliphatic carbocycles. The lowest BCUT2D eigenvalue weighted by Gasteiger charge is -2.32. The molecule has 0 bridgehead atoms. The van der Waals surface area contributed by atoms with E-state index in [-0.39, 0.29) is 11.7 Å². The molecule has 1 fully saturated rings. The monoisotopic (exact) mass is 614 g/mol. The molecule has 5 aromatic carbocycles. The van der Waals surface area contributed by atoms with Gasteiger partial charge in [-0.15, -0.1) is 10.2 Å². The third-order valence-electron chi connectivity index (χ3n) is 9.16. The Morgan fingerprint density at radius 1 is 0.596 bits per heavy atom. The second-order valence-corrected chi connectivity index (χ2v) is 12.2. The number of nitrogens with zero attached hydrogens (tertiary/aromatic N) is 5. The SMILES string of the molecule is O=c1[nH]c2ccccc2n1C1CCN(Cc2ccc(-c3nc(-c4ccc(-c5ccccc5)cc4)nnc3-c3ccccc3)cc2)CC1. The Morgan fingerprint density at radius 2 is 1.17 bits per heavy atom. The van der Waals surface area contributed by atoms with Gasteiger partial charge in [-0.1, -0.05) is 121 Å². The number of benzene rings is 5. The minimum absolute atomic E-state index is 0.0123. The number of aromatic nitrogens is 5. The molecule has 3 heterocycles. The molecule has 0 spiro atoms. The average Bonchev–Trinajstić information content (AvgIpc) is 3.48. The molecule has 0 amide bonds. The molecule has 0 atom stereocenters. The maximum absolute atomic E-state index is 12.7. The van der Waals surface area contributed by atoms with E-state index in [1.807, 2.05) is 77.4 Å². The molecule has 1 aliphatic heterocycles. The van der Waals surface area contributed by atoms with Gasteiger partial charge in [-0.3, -0.25) is 9.47 Å². The number of aromatic amines is 1. The molecular weight excluding hydrogens is 580 g/mol. The first kappa shape index (κ1) is 28.8. The highest BCUT2D eigenvalue weighted by atomic mass is 16.1. The van der Waals surface area contributed by atoms with E-state index >= 15 is 0 Å². The molecule has 2 aromatic heterocycles. The van der Waals surface area contributed by atoms with Crippen LogP contribution in [0.4, 0.5) is 0 Å². The van der Waals surface area contributed by atoms with Crippen LogP contribution >= 0.6 is 0 Å². The van der Waals surface area contributed by atoms with Crippen LogP contribution in [0.25, 0.3) is 56.1 Å². The average molecular weight is 615 g/mol. The summed E-state index contributed by atoms with van der Waals surface area (Å²) < 4.78 is 1.95. The summed E-state index contributed by atoms with van der Waals surface area (Å²) in [6.45, 7) is 2.75. The van der Waals surface area contributed by atoms with Crippen LogP contribution in [-0.4, -0.2) is 42.7 Å². The number of nitrogens with one attached hydrogen (secondary N) is 1. The number of piperidine rings is 1. The molecule has 230 valence electrons. The number of hydrogen-bond donors (Lipinski definition) is 1. The van der Waals surface area contributed by atoms with Crippen LogP contribution in [0.3, 0.4) is 0 Å². The minimum Gasteiger partial charge on any atom is -0.306 e. The van der Waals surface area contributed by atoms with Crippen molar-refractivity contribution in [2.75, 3.05) is 13.1 Å². The lowest BCUT2D eigenvalue weighted by atomic mass is 10.0. The molecule has 0 saturated carbocycles. The summed E-state index contributed by atoms with van der Waals surface area (Å²) in [4.78, 5) is 23.3. The predicted molar refractivity (Wildman–Crippen MR) is 188 cm³/mol. The number of likely N-dealkylation sites (tertiary alicyclic amines) is 1. The smallest absolute Gasteiger partial charge is 0.306 e. The fraction of sp³-hybridized carbons (Fsp3) is 0.150. The molecular formula is C40H34N6O. The lowest BCUT2D eigenvalue weighted by molar-refractivity contribution is 0.180. The molecule has 1 saturated heterocycles. The number of para-hydroxylation sites is 2. The van der Waals surface area contributed by atoms with Gasteiger partial charge >= 0.3 is 5.69 Å². The Bertz CT molecular complexity index is 2180. The normalized spacial score (nSPS) is 14.0. The van der Waals surface area contributed by atoms with Gasteiger partial charge in [-0.25, -0.2) is 9.78 Å². The number of imidazole rings is 1. The van der Waals surface area contributed by atoms with Gasteiger partial charge in [0.2, 0.25) is 0 Å². The summed E-state index contributed by atoms with van der Waals surface area (Å²) in [5.74, 6) is 0.598. The van der Waals surface area contributed by atoms with Crippen molar-refractivity contribution < 1.29 is 0 Å². The number of rotatable bonds is 7. The van der Waals surface area contributed by atoms with Gasteiger partial charge in [0.1, 0.15) is 11.4 Å². The van der Waals surface area contributed by atoms with Crippen molar-refractivity contribution in [1.29, 1.82) is 0 Å². The summed E-state index contributed by atoms with van der Waals surface area (Å²) in [5, 5.41) is 9.27. The molecule has 1 N–H and O–H groups in total. The standard InChI is InChI=1S/C40H34N6O/c47-40-41-35-13-7-8-14-36(35)46(40)34-23-25-45(26-24-34)27-28-15-17-32(18-16-28)37-38(31-11-5-2-6-12-31)43-44-39(42-37)33-21-19-30(20-22-33)29-9-3-1-4-10-29/h1-22,34H,23-27H2,(H,41,47). The number of fused-ring (bicyclic) bond motifs is 1. The van der Waals surface area contributed by atoms with Crippen molar-refractivity contribution in [3.8, 4) is 45.0 Å². The Kier molecular flexibility index (Phi) is 7.73. The van der Waals surface area contributed by atoms with Crippen LogP contribution in [-0.2, 0) is 6.54 Å². The Hall–Kier alpha value is -5.66.